The summed E-state index contributed by atoms with van der Waals surface area (Å²) in [6.45, 7) is 0.745. The van der Waals surface area contributed by atoms with Gasteiger partial charge in [-0.25, -0.2) is 4.39 Å². The molecule has 0 unspecified atom stereocenters. The first-order valence-corrected chi connectivity index (χ1v) is 8.27. The molecule has 2 aromatic carbocycles. The average molecular weight is 335 g/mol. The summed E-state index contributed by atoms with van der Waals surface area (Å²) in [4.78, 5) is 15.4. The van der Waals surface area contributed by atoms with Crippen LogP contribution in [0.1, 0.15) is 5.56 Å². The Balaban J connectivity index is 1.38. The van der Waals surface area contributed by atoms with E-state index in [-0.39, 0.29) is 18.3 Å². The zero-order chi connectivity index (χ0) is 17.2. The van der Waals surface area contributed by atoms with Gasteiger partial charge in [-0.15, -0.1) is 0 Å². The number of aromatic nitrogens is 2. The van der Waals surface area contributed by atoms with E-state index < -0.39 is 0 Å². The van der Waals surface area contributed by atoms with Gasteiger partial charge in [-0.05, 0) is 47.7 Å². The smallest absolute Gasteiger partial charge is 0.239 e. The van der Waals surface area contributed by atoms with Crippen molar-refractivity contribution in [2.24, 2.45) is 0 Å². The van der Waals surface area contributed by atoms with Gasteiger partial charge in [0.2, 0.25) is 5.91 Å². The molecule has 4 aromatic rings. The number of para-hydroxylation sites is 1. The van der Waals surface area contributed by atoms with Crippen LogP contribution < -0.4 is 5.32 Å². The second-order valence-corrected chi connectivity index (χ2v) is 6.11. The van der Waals surface area contributed by atoms with E-state index >= 15 is 0 Å². The van der Waals surface area contributed by atoms with E-state index in [0.717, 1.165) is 22.8 Å². The van der Waals surface area contributed by atoms with Crippen LogP contribution in [0.4, 0.5) is 4.39 Å². The second kappa shape index (κ2) is 6.43. The first-order valence-electron chi connectivity index (χ1n) is 8.27. The summed E-state index contributed by atoms with van der Waals surface area (Å²) in [7, 11) is 0. The highest BCUT2D eigenvalue weighted by atomic mass is 19.1. The molecule has 25 heavy (non-hydrogen) atoms. The van der Waals surface area contributed by atoms with Gasteiger partial charge in [0.05, 0.1) is 5.52 Å². The number of H-pyrrole nitrogens is 1. The first kappa shape index (κ1) is 15.4. The molecule has 0 aliphatic carbocycles. The van der Waals surface area contributed by atoms with Crippen LogP contribution in [-0.4, -0.2) is 22.0 Å². The molecule has 1 amide bonds. The Kier molecular flexibility index (Phi) is 3.98. The fourth-order valence-corrected chi connectivity index (χ4v) is 3.18. The standard InChI is InChI=1S/C20H18FN3O/c21-16-6-5-14-8-10-24(19(14)11-16)13-20(25)22-9-7-15-12-23-18-4-2-1-3-17(15)18/h1-6,8,10-12,23H,7,9,13H2,(H,22,25). The molecule has 0 fully saturated rings. The SMILES string of the molecule is O=C(Cn1ccc2ccc(F)cc21)NCCc1c[nH]c2ccccc12. The van der Waals surface area contributed by atoms with Crippen LogP contribution in [0.25, 0.3) is 21.8 Å². The maximum atomic E-state index is 13.4. The van der Waals surface area contributed by atoms with Crippen molar-refractivity contribution in [3.05, 3.63) is 72.3 Å². The van der Waals surface area contributed by atoms with Crippen molar-refractivity contribution >= 4 is 27.7 Å². The third-order valence-corrected chi connectivity index (χ3v) is 4.44. The molecule has 0 saturated carbocycles. The van der Waals surface area contributed by atoms with Crippen LogP contribution >= 0.6 is 0 Å². The predicted molar refractivity (Wildman–Crippen MR) is 96.9 cm³/mol. The summed E-state index contributed by atoms with van der Waals surface area (Å²) >= 11 is 0. The van der Waals surface area contributed by atoms with Crippen LogP contribution in [0.2, 0.25) is 0 Å². The number of amides is 1. The zero-order valence-corrected chi connectivity index (χ0v) is 13.6. The predicted octanol–water partition coefficient (Wildman–Crippen LogP) is 3.62. The number of halogens is 1. The molecular formula is C20H18FN3O. The largest absolute Gasteiger partial charge is 0.361 e. The molecule has 0 aliphatic heterocycles. The quantitative estimate of drug-likeness (QED) is 0.575. The highest BCUT2D eigenvalue weighted by molar-refractivity contribution is 5.84. The molecule has 2 heterocycles. The number of hydrogen-bond acceptors (Lipinski definition) is 1. The number of nitrogens with one attached hydrogen (secondary N) is 2. The molecule has 0 aliphatic rings. The van der Waals surface area contributed by atoms with E-state index in [1.54, 1.807) is 10.6 Å². The summed E-state index contributed by atoms with van der Waals surface area (Å²) in [5.41, 5.74) is 3.01. The lowest BCUT2D eigenvalue weighted by Gasteiger charge is -2.07. The molecular weight excluding hydrogens is 317 g/mol. The van der Waals surface area contributed by atoms with Crippen LogP contribution in [0.5, 0.6) is 0 Å². The maximum Gasteiger partial charge on any atom is 0.239 e. The van der Waals surface area contributed by atoms with E-state index in [9.17, 15) is 9.18 Å². The number of fused-ring (bicyclic) bond motifs is 2. The van der Waals surface area contributed by atoms with Gasteiger partial charge in [0.25, 0.3) is 0 Å². The molecule has 4 rings (SSSR count). The van der Waals surface area contributed by atoms with Crippen molar-refractivity contribution in [3.8, 4) is 0 Å². The lowest BCUT2D eigenvalue weighted by Crippen LogP contribution is -2.29. The highest BCUT2D eigenvalue weighted by Crippen LogP contribution is 2.18. The topological polar surface area (TPSA) is 49.8 Å². The van der Waals surface area contributed by atoms with E-state index in [1.807, 2.05) is 36.7 Å². The number of benzene rings is 2. The number of aromatic amines is 1. The van der Waals surface area contributed by atoms with Crippen LogP contribution in [0.3, 0.4) is 0 Å². The highest BCUT2D eigenvalue weighted by Gasteiger charge is 2.08. The lowest BCUT2D eigenvalue weighted by molar-refractivity contribution is -0.121. The van der Waals surface area contributed by atoms with Crippen molar-refractivity contribution in [2.45, 2.75) is 13.0 Å². The molecule has 5 heteroatoms. The number of rotatable bonds is 5. The molecule has 0 atom stereocenters. The Hall–Kier alpha value is -3.08. The van der Waals surface area contributed by atoms with Gasteiger partial charge < -0.3 is 14.9 Å². The monoisotopic (exact) mass is 335 g/mol. The van der Waals surface area contributed by atoms with Gasteiger partial charge in [0.1, 0.15) is 12.4 Å². The molecule has 2 N–H and O–H groups in total. The van der Waals surface area contributed by atoms with Gasteiger partial charge in [-0.2, -0.15) is 0 Å². The Bertz CT molecular complexity index is 1050. The normalized spacial score (nSPS) is 11.2. The maximum absolute atomic E-state index is 13.4. The van der Waals surface area contributed by atoms with Crippen LogP contribution in [0.15, 0.2) is 60.9 Å². The van der Waals surface area contributed by atoms with Gasteiger partial charge in [-0.3, -0.25) is 4.79 Å². The van der Waals surface area contributed by atoms with Crippen molar-refractivity contribution in [2.75, 3.05) is 6.54 Å². The average Bonchev–Trinajstić information content (AvgIpc) is 3.20. The van der Waals surface area contributed by atoms with Crippen molar-refractivity contribution in [1.82, 2.24) is 14.9 Å². The van der Waals surface area contributed by atoms with Crippen molar-refractivity contribution < 1.29 is 9.18 Å². The Morgan fingerprint density at radius 2 is 2.04 bits per heavy atom. The molecule has 0 bridgehead atoms. The fraction of sp³-hybridized carbons (Fsp3) is 0.150. The Morgan fingerprint density at radius 1 is 1.16 bits per heavy atom. The first-order chi connectivity index (χ1) is 12.2. The summed E-state index contributed by atoms with van der Waals surface area (Å²) < 4.78 is 15.2. The number of hydrogen-bond donors (Lipinski definition) is 2. The van der Waals surface area contributed by atoms with E-state index in [0.29, 0.717) is 6.54 Å². The second-order valence-electron chi connectivity index (χ2n) is 6.11. The minimum atomic E-state index is -0.299. The lowest BCUT2D eigenvalue weighted by atomic mass is 10.1. The minimum Gasteiger partial charge on any atom is -0.361 e. The molecule has 0 radical (unpaired) electrons. The third-order valence-electron chi connectivity index (χ3n) is 4.44. The molecule has 126 valence electrons. The zero-order valence-electron chi connectivity index (χ0n) is 13.6. The third kappa shape index (κ3) is 3.13. The van der Waals surface area contributed by atoms with Crippen LogP contribution in [0, 0.1) is 5.82 Å². The molecule has 2 aromatic heterocycles. The molecule has 0 spiro atoms. The van der Waals surface area contributed by atoms with E-state index in [4.69, 9.17) is 0 Å². The number of carbonyl (C=O) groups is 1. The van der Waals surface area contributed by atoms with E-state index in [2.05, 4.69) is 16.4 Å². The minimum absolute atomic E-state index is 0.0818. The number of carbonyl (C=O) groups excluding carboxylic acids is 1. The molecule has 4 nitrogen and oxygen atoms in total. The fourth-order valence-electron chi connectivity index (χ4n) is 3.18. The summed E-state index contributed by atoms with van der Waals surface area (Å²) in [5.74, 6) is -0.381. The van der Waals surface area contributed by atoms with Gasteiger partial charge >= 0.3 is 0 Å². The van der Waals surface area contributed by atoms with Gasteiger partial charge in [0, 0.05) is 29.8 Å². The molecule has 0 saturated heterocycles. The Labute approximate surface area is 144 Å². The van der Waals surface area contributed by atoms with Crippen molar-refractivity contribution in [1.29, 1.82) is 0 Å². The van der Waals surface area contributed by atoms with Crippen molar-refractivity contribution in [3.63, 3.8) is 0 Å². The summed E-state index contributed by atoms with van der Waals surface area (Å²) in [6.07, 6.45) is 4.55. The Morgan fingerprint density at radius 3 is 2.96 bits per heavy atom. The summed E-state index contributed by atoms with van der Waals surface area (Å²) in [5, 5.41) is 5.04. The van der Waals surface area contributed by atoms with Gasteiger partial charge in [0.15, 0.2) is 0 Å². The van der Waals surface area contributed by atoms with E-state index in [1.165, 1.54) is 23.1 Å². The number of nitrogens with zero attached hydrogens (tertiary/aromatic N) is 1. The summed E-state index contributed by atoms with van der Waals surface area (Å²) in [6, 6.07) is 14.6. The van der Waals surface area contributed by atoms with Crippen LogP contribution in [-0.2, 0) is 17.8 Å². The van der Waals surface area contributed by atoms with Gasteiger partial charge in [-0.1, -0.05) is 18.2 Å².